The van der Waals surface area contributed by atoms with Gasteiger partial charge in [-0.1, -0.05) is 17.7 Å². The van der Waals surface area contributed by atoms with E-state index >= 15 is 0 Å². The van der Waals surface area contributed by atoms with E-state index in [1.165, 1.54) is 17.0 Å². The highest BCUT2D eigenvalue weighted by atomic mass is 35.5. The number of fused-ring (bicyclic) bond motifs is 5. The summed E-state index contributed by atoms with van der Waals surface area (Å²) in [6.45, 7) is -1.19. The van der Waals surface area contributed by atoms with Crippen molar-refractivity contribution in [1.82, 2.24) is 14.5 Å². The van der Waals surface area contributed by atoms with Crippen LogP contribution < -0.4 is 4.74 Å². The summed E-state index contributed by atoms with van der Waals surface area (Å²) in [7, 11) is 1.65. The Morgan fingerprint density at radius 2 is 2.04 bits per heavy atom. The van der Waals surface area contributed by atoms with Crippen LogP contribution in [0.3, 0.4) is 0 Å². The molecule has 0 fully saturated rings. The normalized spacial score (nSPS) is 16.6. The minimum Gasteiger partial charge on any atom is -0.433 e. The van der Waals surface area contributed by atoms with Gasteiger partial charge < -0.3 is 9.64 Å². The second-order valence-corrected chi connectivity index (χ2v) is 6.50. The number of alkyl halides is 2. The zero-order chi connectivity index (χ0) is 18.6. The number of carbonyl (C=O) groups excluding carboxylic acids is 1. The van der Waals surface area contributed by atoms with Crippen molar-refractivity contribution in [3.05, 3.63) is 52.8 Å². The molecule has 0 radical (unpaired) electrons. The van der Waals surface area contributed by atoms with Gasteiger partial charge in [0, 0.05) is 12.1 Å². The maximum Gasteiger partial charge on any atom is 0.387 e. The zero-order valence-corrected chi connectivity index (χ0v) is 14.7. The first-order valence-corrected chi connectivity index (χ1v) is 8.29. The van der Waals surface area contributed by atoms with Crippen molar-refractivity contribution in [3.8, 4) is 11.4 Å². The summed E-state index contributed by atoms with van der Waals surface area (Å²) < 4.78 is 32.3. The second-order valence-electron chi connectivity index (χ2n) is 6.06. The first-order valence-electron chi connectivity index (χ1n) is 7.91. The van der Waals surface area contributed by atoms with E-state index in [0.29, 0.717) is 21.9 Å². The van der Waals surface area contributed by atoms with Gasteiger partial charge in [-0.2, -0.15) is 8.78 Å². The van der Waals surface area contributed by atoms with Crippen molar-refractivity contribution < 1.29 is 18.3 Å². The number of halogens is 3. The van der Waals surface area contributed by atoms with E-state index in [9.17, 15) is 13.6 Å². The molecule has 134 valence electrons. The molecule has 2 heterocycles. The number of ether oxygens (including phenoxy) is 1. The van der Waals surface area contributed by atoms with E-state index in [1.807, 2.05) is 6.92 Å². The van der Waals surface area contributed by atoms with E-state index in [-0.39, 0.29) is 28.9 Å². The van der Waals surface area contributed by atoms with Crippen LogP contribution in [-0.2, 0) is 0 Å². The highest BCUT2D eigenvalue weighted by Gasteiger charge is 2.33. The predicted molar refractivity (Wildman–Crippen MR) is 93.2 cm³/mol. The Kier molecular flexibility index (Phi) is 3.84. The van der Waals surface area contributed by atoms with Crippen LogP contribution in [0.2, 0.25) is 5.02 Å². The Morgan fingerprint density at radius 1 is 1.27 bits per heavy atom. The summed E-state index contributed by atoms with van der Waals surface area (Å²) in [4.78, 5) is 19.0. The van der Waals surface area contributed by atoms with Crippen molar-refractivity contribution >= 4 is 28.5 Å². The molecular formula is C18H14ClF2N3O2. The lowest BCUT2D eigenvalue weighted by Gasteiger charge is -2.21. The number of para-hydroxylation sites is 1. The third-order valence-corrected chi connectivity index (χ3v) is 4.82. The molecule has 5 nitrogen and oxygen atoms in total. The zero-order valence-electron chi connectivity index (χ0n) is 13.9. The van der Waals surface area contributed by atoms with Crippen molar-refractivity contribution in [2.45, 2.75) is 19.6 Å². The third kappa shape index (κ3) is 2.42. The first-order chi connectivity index (χ1) is 12.4. The smallest absolute Gasteiger partial charge is 0.387 e. The largest absolute Gasteiger partial charge is 0.433 e. The van der Waals surface area contributed by atoms with Crippen LogP contribution in [0.15, 0.2) is 36.4 Å². The topological polar surface area (TPSA) is 47.4 Å². The monoisotopic (exact) mass is 377 g/mol. The Morgan fingerprint density at radius 3 is 2.77 bits per heavy atom. The summed E-state index contributed by atoms with van der Waals surface area (Å²) >= 11 is 6.13. The molecule has 1 aromatic heterocycles. The average Bonchev–Trinajstić information content (AvgIpc) is 2.94. The lowest BCUT2D eigenvalue weighted by Crippen LogP contribution is -2.28. The first kappa shape index (κ1) is 16.8. The van der Waals surface area contributed by atoms with E-state index < -0.39 is 6.61 Å². The molecule has 0 bridgehead atoms. The number of nitrogens with zero attached hydrogens (tertiary/aromatic N) is 3. The molecule has 1 amide bonds. The molecule has 0 N–H and O–H groups in total. The molecule has 26 heavy (non-hydrogen) atoms. The molecule has 0 saturated carbocycles. The molecule has 8 heteroatoms. The molecule has 3 aromatic rings. The van der Waals surface area contributed by atoms with Gasteiger partial charge in [0.2, 0.25) is 0 Å². The van der Waals surface area contributed by atoms with Crippen LogP contribution in [0.25, 0.3) is 16.7 Å². The SMILES string of the molecule is C[C@@H]1c2nc3ccc(Cl)cc3n2-c2c(OC(F)F)cccc2C(=O)N1C. The van der Waals surface area contributed by atoms with E-state index in [0.717, 1.165) is 0 Å². The van der Waals surface area contributed by atoms with Gasteiger partial charge in [0.1, 0.15) is 11.5 Å². The van der Waals surface area contributed by atoms with Gasteiger partial charge in [-0.15, -0.1) is 0 Å². The molecule has 0 unspecified atom stereocenters. The fraction of sp³-hybridized carbons (Fsp3) is 0.222. The maximum absolute atomic E-state index is 13.0. The van der Waals surface area contributed by atoms with Crippen LogP contribution in [0.4, 0.5) is 8.78 Å². The minimum absolute atomic E-state index is 0.0890. The highest BCUT2D eigenvalue weighted by molar-refractivity contribution is 6.31. The number of hydrogen-bond acceptors (Lipinski definition) is 3. The van der Waals surface area contributed by atoms with Gasteiger partial charge in [0.15, 0.2) is 5.75 Å². The summed E-state index contributed by atoms with van der Waals surface area (Å²) in [6, 6.07) is 9.30. The van der Waals surface area contributed by atoms with Crippen LogP contribution in [0.5, 0.6) is 5.75 Å². The Bertz CT molecular complexity index is 1030. The number of hydrogen-bond donors (Lipinski definition) is 0. The Labute approximate surface area is 152 Å². The van der Waals surface area contributed by atoms with Crippen LogP contribution in [0.1, 0.15) is 29.1 Å². The fourth-order valence-electron chi connectivity index (χ4n) is 3.24. The lowest BCUT2D eigenvalue weighted by atomic mass is 10.1. The van der Waals surface area contributed by atoms with Crippen LogP contribution >= 0.6 is 11.6 Å². The molecule has 2 aromatic carbocycles. The molecule has 0 aliphatic carbocycles. The van der Waals surface area contributed by atoms with Crippen LogP contribution in [-0.4, -0.2) is 34.0 Å². The Balaban J connectivity index is 2.14. The molecule has 1 aliphatic heterocycles. The van der Waals surface area contributed by atoms with Crippen molar-refractivity contribution in [3.63, 3.8) is 0 Å². The van der Waals surface area contributed by atoms with Gasteiger partial charge in [0.25, 0.3) is 5.91 Å². The number of benzene rings is 2. The molecular weight excluding hydrogens is 364 g/mol. The van der Waals surface area contributed by atoms with E-state index in [1.54, 1.807) is 35.9 Å². The van der Waals surface area contributed by atoms with Crippen molar-refractivity contribution in [2.75, 3.05) is 7.05 Å². The number of imidazole rings is 1. The van der Waals surface area contributed by atoms with Crippen molar-refractivity contribution in [1.29, 1.82) is 0 Å². The number of aromatic nitrogens is 2. The van der Waals surface area contributed by atoms with Gasteiger partial charge in [-0.3, -0.25) is 9.36 Å². The number of rotatable bonds is 2. The number of amides is 1. The fourth-order valence-corrected chi connectivity index (χ4v) is 3.40. The van der Waals surface area contributed by atoms with E-state index in [2.05, 4.69) is 4.98 Å². The minimum atomic E-state index is -3.02. The van der Waals surface area contributed by atoms with Gasteiger partial charge in [-0.05, 0) is 37.3 Å². The molecule has 0 spiro atoms. The molecule has 4 rings (SSSR count). The summed E-state index contributed by atoms with van der Waals surface area (Å²) in [5.41, 5.74) is 1.77. The predicted octanol–water partition coefficient (Wildman–Crippen LogP) is 4.43. The lowest BCUT2D eigenvalue weighted by molar-refractivity contribution is -0.0498. The summed E-state index contributed by atoms with van der Waals surface area (Å²) in [6.07, 6.45) is 0. The summed E-state index contributed by atoms with van der Waals surface area (Å²) in [5, 5.41) is 0.477. The maximum atomic E-state index is 13.0. The van der Waals surface area contributed by atoms with Gasteiger partial charge in [0.05, 0.1) is 22.6 Å². The average molecular weight is 378 g/mol. The number of carbonyl (C=O) groups is 1. The quantitative estimate of drug-likeness (QED) is 0.664. The Hall–Kier alpha value is -2.67. The van der Waals surface area contributed by atoms with E-state index in [4.69, 9.17) is 16.3 Å². The van der Waals surface area contributed by atoms with Crippen LogP contribution in [0, 0.1) is 0 Å². The molecule has 0 saturated heterocycles. The highest BCUT2D eigenvalue weighted by Crippen LogP contribution is 2.39. The van der Waals surface area contributed by atoms with Crippen molar-refractivity contribution in [2.24, 2.45) is 0 Å². The third-order valence-electron chi connectivity index (χ3n) is 4.59. The summed E-state index contributed by atoms with van der Waals surface area (Å²) in [5.74, 6) is 0.156. The van der Waals surface area contributed by atoms with Gasteiger partial charge in [-0.25, -0.2) is 4.98 Å². The molecule has 1 atom stereocenters. The van der Waals surface area contributed by atoms with Gasteiger partial charge >= 0.3 is 6.61 Å². The molecule has 1 aliphatic rings. The second kappa shape index (κ2) is 5.95. The standard InChI is InChI=1S/C18H14ClF2N3O2/c1-9-16-22-12-7-6-10(19)8-13(12)24(16)15-11(17(25)23(9)2)4-3-5-14(15)26-18(20)21/h3-9,18H,1-2H3/t9-/m1/s1.